The molecule has 2 aromatic carbocycles. The molecular weight excluding hydrogens is 404 g/mol. The smallest absolute Gasteiger partial charge is 0.199 e. The number of rotatable bonds is 9. The van der Waals surface area contributed by atoms with E-state index in [0.29, 0.717) is 6.42 Å². The van der Waals surface area contributed by atoms with Gasteiger partial charge >= 0.3 is 0 Å². The zero-order chi connectivity index (χ0) is 22.2. The summed E-state index contributed by atoms with van der Waals surface area (Å²) in [5.74, 6) is 1.61. The van der Waals surface area contributed by atoms with Gasteiger partial charge in [0.1, 0.15) is 11.5 Å². The molecule has 5 nitrogen and oxygen atoms in total. The first-order chi connectivity index (χ1) is 15.7. The van der Waals surface area contributed by atoms with E-state index in [4.69, 9.17) is 18.9 Å². The van der Waals surface area contributed by atoms with Crippen LogP contribution in [-0.2, 0) is 9.47 Å². The molecule has 0 saturated carbocycles. The molecule has 0 spiro atoms. The Balaban J connectivity index is 1.31. The Hall–Kier alpha value is -2.34. The summed E-state index contributed by atoms with van der Waals surface area (Å²) in [6.45, 7) is 5.50. The molecule has 32 heavy (non-hydrogen) atoms. The van der Waals surface area contributed by atoms with Gasteiger partial charge in [0.15, 0.2) is 12.6 Å². The van der Waals surface area contributed by atoms with E-state index in [1.165, 1.54) is 0 Å². The maximum absolute atomic E-state index is 10.8. The van der Waals surface area contributed by atoms with Gasteiger partial charge in [-0.25, -0.2) is 0 Å². The molecule has 0 amide bonds. The molecule has 4 atom stereocenters. The minimum Gasteiger partial charge on any atom is -0.465 e. The lowest BCUT2D eigenvalue weighted by Gasteiger charge is -2.24. The molecule has 2 fully saturated rings. The largest absolute Gasteiger partial charge is 0.465 e. The first kappa shape index (κ1) is 22.8. The molecule has 1 N–H and O–H groups in total. The Morgan fingerprint density at radius 2 is 1.31 bits per heavy atom. The third-order valence-electron chi connectivity index (χ3n) is 6.15. The van der Waals surface area contributed by atoms with Crippen molar-refractivity contribution in [2.24, 2.45) is 0 Å². The van der Waals surface area contributed by atoms with Gasteiger partial charge in [-0.05, 0) is 67.5 Å². The predicted octanol–water partition coefficient (Wildman–Crippen LogP) is 5.89. The van der Waals surface area contributed by atoms with Crippen LogP contribution in [-0.4, -0.2) is 30.9 Å². The molecule has 2 aliphatic heterocycles. The normalized spacial score (nSPS) is 23.2. The molecule has 0 radical (unpaired) electrons. The predicted molar refractivity (Wildman–Crippen MR) is 124 cm³/mol. The van der Waals surface area contributed by atoms with E-state index < -0.39 is 6.10 Å². The van der Waals surface area contributed by atoms with Gasteiger partial charge in [-0.2, -0.15) is 0 Å². The van der Waals surface area contributed by atoms with Crippen LogP contribution in [0.2, 0.25) is 0 Å². The Morgan fingerprint density at radius 1 is 0.812 bits per heavy atom. The van der Waals surface area contributed by atoms with Crippen molar-refractivity contribution in [2.75, 3.05) is 13.2 Å². The lowest BCUT2D eigenvalue weighted by molar-refractivity contribution is -0.106. The van der Waals surface area contributed by atoms with Crippen molar-refractivity contribution in [1.82, 2.24) is 0 Å². The van der Waals surface area contributed by atoms with Crippen molar-refractivity contribution in [3.05, 3.63) is 72.3 Å². The van der Waals surface area contributed by atoms with Gasteiger partial charge < -0.3 is 24.1 Å². The van der Waals surface area contributed by atoms with Gasteiger partial charge in [0.05, 0.1) is 19.3 Å². The summed E-state index contributed by atoms with van der Waals surface area (Å²) >= 11 is 0. The molecule has 2 heterocycles. The van der Waals surface area contributed by atoms with Gasteiger partial charge in [-0.1, -0.05) is 30.3 Å². The molecule has 172 valence electrons. The minimum absolute atomic E-state index is 0.0385. The average Bonchev–Trinajstić information content (AvgIpc) is 2.85. The van der Waals surface area contributed by atoms with Crippen LogP contribution in [0.5, 0.6) is 11.5 Å². The number of ether oxygens (including phenoxy) is 4. The second-order valence-corrected chi connectivity index (χ2v) is 8.56. The van der Waals surface area contributed by atoms with Gasteiger partial charge in [0, 0.05) is 18.8 Å². The number of allylic oxidation sites excluding steroid dienone is 1. The van der Waals surface area contributed by atoms with E-state index in [2.05, 4.69) is 6.58 Å². The quantitative estimate of drug-likeness (QED) is 0.495. The molecule has 0 aliphatic carbocycles. The van der Waals surface area contributed by atoms with Gasteiger partial charge in [-0.15, -0.1) is 6.58 Å². The number of benzene rings is 2. The molecule has 4 rings (SSSR count). The zero-order valence-electron chi connectivity index (χ0n) is 18.7. The number of hydrogen-bond donors (Lipinski definition) is 1. The van der Waals surface area contributed by atoms with E-state index in [-0.39, 0.29) is 18.5 Å². The Kier molecular flexibility index (Phi) is 8.21. The Labute approximate surface area is 191 Å². The van der Waals surface area contributed by atoms with Crippen LogP contribution in [0.15, 0.2) is 61.2 Å². The van der Waals surface area contributed by atoms with Gasteiger partial charge in [-0.3, -0.25) is 0 Å². The van der Waals surface area contributed by atoms with Crippen molar-refractivity contribution in [1.29, 1.82) is 0 Å². The SMILES string of the molecule is C=CC(CC(O)c1ccc(OC2CCCCO2)cc1)c1ccc(OC2CCCCO2)cc1. The van der Waals surface area contributed by atoms with Gasteiger partial charge in [0.25, 0.3) is 0 Å². The van der Waals surface area contributed by atoms with Crippen molar-refractivity contribution in [3.63, 3.8) is 0 Å². The summed E-state index contributed by atoms with van der Waals surface area (Å²) in [7, 11) is 0. The lowest BCUT2D eigenvalue weighted by atomic mass is 9.90. The molecule has 0 bridgehead atoms. The van der Waals surface area contributed by atoms with E-state index in [1.54, 1.807) is 0 Å². The summed E-state index contributed by atoms with van der Waals surface area (Å²) in [6, 6.07) is 15.7. The fraction of sp³-hybridized carbons (Fsp3) is 0.481. The highest BCUT2D eigenvalue weighted by atomic mass is 16.7. The molecular formula is C27H34O5. The highest BCUT2D eigenvalue weighted by molar-refractivity contribution is 5.33. The highest BCUT2D eigenvalue weighted by Crippen LogP contribution is 2.31. The maximum atomic E-state index is 10.8. The van der Waals surface area contributed by atoms with E-state index >= 15 is 0 Å². The maximum Gasteiger partial charge on any atom is 0.199 e. The molecule has 2 aliphatic rings. The van der Waals surface area contributed by atoms with Crippen molar-refractivity contribution in [3.8, 4) is 11.5 Å². The summed E-state index contributed by atoms with van der Waals surface area (Å²) in [4.78, 5) is 0. The van der Waals surface area contributed by atoms with E-state index in [1.807, 2.05) is 54.6 Å². The molecule has 2 saturated heterocycles. The second-order valence-electron chi connectivity index (χ2n) is 8.56. The van der Waals surface area contributed by atoms with Crippen LogP contribution in [0.25, 0.3) is 0 Å². The summed E-state index contributed by atoms with van der Waals surface area (Å²) in [5.41, 5.74) is 1.97. The van der Waals surface area contributed by atoms with Crippen LogP contribution in [0.4, 0.5) is 0 Å². The summed E-state index contributed by atoms with van der Waals surface area (Å²) in [6.07, 6.45) is 7.86. The summed E-state index contributed by atoms with van der Waals surface area (Å²) in [5, 5.41) is 10.8. The minimum atomic E-state index is -0.593. The van der Waals surface area contributed by atoms with E-state index in [0.717, 1.165) is 74.4 Å². The first-order valence-electron chi connectivity index (χ1n) is 11.8. The average molecular weight is 439 g/mol. The topological polar surface area (TPSA) is 57.2 Å². The third-order valence-corrected chi connectivity index (χ3v) is 6.15. The van der Waals surface area contributed by atoms with Crippen LogP contribution in [0.3, 0.4) is 0 Å². The van der Waals surface area contributed by atoms with Crippen LogP contribution in [0.1, 0.15) is 68.1 Å². The lowest BCUT2D eigenvalue weighted by Crippen LogP contribution is -2.24. The Morgan fingerprint density at radius 3 is 1.75 bits per heavy atom. The highest BCUT2D eigenvalue weighted by Gasteiger charge is 2.19. The van der Waals surface area contributed by atoms with Crippen molar-refractivity contribution < 1.29 is 24.1 Å². The van der Waals surface area contributed by atoms with Crippen LogP contribution >= 0.6 is 0 Å². The van der Waals surface area contributed by atoms with Crippen molar-refractivity contribution >= 4 is 0 Å². The molecule has 5 heteroatoms. The summed E-state index contributed by atoms with van der Waals surface area (Å²) < 4.78 is 23.1. The fourth-order valence-electron chi connectivity index (χ4n) is 4.22. The number of aliphatic hydroxyl groups excluding tert-OH is 1. The number of hydrogen-bond acceptors (Lipinski definition) is 5. The zero-order valence-corrected chi connectivity index (χ0v) is 18.7. The van der Waals surface area contributed by atoms with Crippen LogP contribution in [0, 0.1) is 0 Å². The first-order valence-corrected chi connectivity index (χ1v) is 11.8. The standard InChI is InChI=1S/C27H34O5/c1-2-20(21-9-13-23(14-10-21)31-26-7-3-5-17-29-26)19-25(28)22-11-15-24(16-12-22)32-27-8-4-6-18-30-27/h2,9-16,20,25-28H,1,3-8,17-19H2. The van der Waals surface area contributed by atoms with Crippen LogP contribution < -0.4 is 9.47 Å². The third kappa shape index (κ3) is 6.35. The molecule has 0 aromatic heterocycles. The van der Waals surface area contributed by atoms with Crippen molar-refractivity contribution in [2.45, 2.75) is 69.5 Å². The monoisotopic (exact) mass is 438 g/mol. The molecule has 4 unspecified atom stereocenters. The molecule has 2 aromatic rings. The fourth-order valence-corrected chi connectivity index (χ4v) is 4.22. The van der Waals surface area contributed by atoms with Gasteiger partial charge in [0.2, 0.25) is 0 Å². The second kappa shape index (κ2) is 11.5. The number of aliphatic hydroxyl groups is 1. The van der Waals surface area contributed by atoms with E-state index in [9.17, 15) is 5.11 Å². The Bertz CT molecular complexity index is 820.